The van der Waals surface area contributed by atoms with Crippen LogP contribution in [0.5, 0.6) is 0 Å². The van der Waals surface area contributed by atoms with Gasteiger partial charge in [-0.25, -0.2) is 0 Å². The molecule has 1 atom stereocenters. The third kappa shape index (κ3) is 9.82. The summed E-state index contributed by atoms with van der Waals surface area (Å²) in [5, 5.41) is 31.2. The highest BCUT2D eigenvalue weighted by Gasteiger charge is 2.27. The summed E-state index contributed by atoms with van der Waals surface area (Å²) in [4.78, 5) is 40.2. The van der Waals surface area contributed by atoms with E-state index in [9.17, 15) is 29.7 Å². The first-order valence-electron chi connectivity index (χ1n) is 10.9. The van der Waals surface area contributed by atoms with Crippen molar-refractivity contribution < 1.29 is 29.7 Å². The number of aliphatic carboxylic acids is 3. The van der Waals surface area contributed by atoms with E-state index in [1.807, 2.05) is 31.2 Å². The van der Waals surface area contributed by atoms with Crippen molar-refractivity contribution in [3.05, 3.63) is 29.8 Å². The Hall–Kier alpha value is -2.60. The van der Waals surface area contributed by atoms with E-state index in [0.717, 1.165) is 22.7 Å². The molecule has 0 aliphatic carbocycles. The highest BCUT2D eigenvalue weighted by atomic mass is 32.1. The van der Waals surface area contributed by atoms with Crippen LogP contribution >= 0.6 is 12.2 Å². The highest BCUT2D eigenvalue weighted by Crippen LogP contribution is 2.16. The highest BCUT2D eigenvalue weighted by molar-refractivity contribution is 7.80. The fraction of sp³-hybridized carbons (Fsp3) is 0.545. The number of anilines is 1. The van der Waals surface area contributed by atoms with E-state index in [-0.39, 0.29) is 25.7 Å². The van der Waals surface area contributed by atoms with E-state index in [2.05, 4.69) is 5.32 Å². The molecule has 0 unspecified atom stereocenters. The maximum atomic E-state index is 11.6. The van der Waals surface area contributed by atoms with Crippen LogP contribution in [0.15, 0.2) is 24.3 Å². The SMILES string of the molecule is CCC(=S)Nc1ccc(C[C@H]2CN(CC(=O)O)CCN(CC(=O)O)CCN2CC(=O)O)cc1. The second-order valence-electron chi connectivity index (χ2n) is 8.12. The summed E-state index contributed by atoms with van der Waals surface area (Å²) in [5.74, 6) is -2.94. The van der Waals surface area contributed by atoms with Gasteiger partial charge < -0.3 is 20.6 Å². The van der Waals surface area contributed by atoms with Gasteiger partial charge in [0.15, 0.2) is 0 Å². The normalized spacial score (nSPS) is 18.6. The van der Waals surface area contributed by atoms with Crippen molar-refractivity contribution in [3.8, 4) is 0 Å². The maximum Gasteiger partial charge on any atom is 0.317 e. The number of benzene rings is 1. The molecule has 11 heteroatoms. The first-order chi connectivity index (χ1) is 15.7. The van der Waals surface area contributed by atoms with Gasteiger partial charge in [-0.1, -0.05) is 31.3 Å². The third-order valence-corrected chi connectivity index (χ3v) is 5.90. The molecule has 1 heterocycles. The summed E-state index contributed by atoms with van der Waals surface area (Å²) < 4.78 is 0. The van der Waals surface area contributed by atoms with Gasteiger partial charge in [0.05, 0.1) is 24.6 Å². The van der Waals surface area contributed by atoms with Crippen LogP contribution in [0.4, 0.5) is 5.69 Å². The Labute approximate surface area is 198 Å². The topological polar surface area (TPSA) is 134 Å². The van der Waals surface area contributed by atoms with Crippen molar-refractivity contribution in [2.24, 2.45) is 0 Å². The van der Waals surface area contributed by atoms with E-state index in [1.165, 1.54) is 0 Å². The van der Waals surface area contributed by atoms with Crippen LogP contribution in [0.25, 0.3) is 0 Å². The van der Waals surface area contributed by atoms with Crippen LogP contribution < -0.4 is 5.32 Å². The Kier molecular flexibility index (Phi) is 10.7. The van der Waals surface area contributed by atoms with Gasteiger partial charge in [0.2, 0.25) is 0 Å². The van der Waals surface area contributed by atoms with Crippen LogP contribution in [0, 0.1) is 0 Å². The van der Waals surface area contributed by atoms with Gasteiger partial charge in [-0.3, -0.25) is 29.1 Å². The van der Waals surface area contributed by atoms with E-state index < -0.39 is 17.9 Å². The minimum atomic E-state index is -0.985. The molecule has 0 aromatic heterocycles. The Balaban J connectivity index is 2.24. The molecule has 182 valence electrons. The van der Waals surface area contributed by atoms with Crippen molar-refractivity contribution in [2.75, 3.05) is 57.7 Å². The molecular weight excluding hydrogens is 448 g/mol. The molecule has 1 aliphatic heterocycles. The molecule has 33 heavy (non-hydrogen) atoms. The summed E-state index contributed by atoms with van der Waals surface area (Å²) in [7, 11) is 0. The van der Waals surface area contributed by atoms with E-state index in [1.54, 1.807) is 14.7 Å². The van der Waals surface area contributed by atoms with Crippen molar-refractivity contribution >= 4 is 40.8 Å². The largest absolute Gasteiger partial charge is 0.480 e. The number of carbonyl (C=O) groups is 3. The lowest BCUT2D eigenvalue weighted by molar-refractivity contribution is -0.140. The maximum absolute atomic E-state index is 11.6. The van der Waals surface area contributed by atoms with Crippen LogP contribution in [0.2, 0.25) is 0 Å². The van der Waals surface area contributed by atoms with Crippen LogP contribution in [-0.4, -0.2) is 111 Å². The molecule has 1 aromatic rings. The number of rotatable bonds is 10. The number of nitrogens with one attached hydrogen (secondary N) is 1. The van der Waals surface area contributed by atoms with Gasteiger partial charge in [-0.05, 0) is 30.5 Å². The molecule has 0 spiro atoms. The van der Waals surface area contributed by atoms with Crippen molar-refractivity contribution in [1.29, 1.82) is 0 Å². The standard InChI is InChI=1S/C22H32N4O6S/c1-2-19(33)23-17-5-3-16(4-6-17)11-18-12-25(14-21(29)30)8-7-24(13-20(27)28)9-10-26(18)15-22(31)32/h3-6,18H,2,7-15H2,1H3,(H,23,33)(H,27,28)(H,29,30)(H,31,32)/t18-/m0/s1. The quantitative estimate of drug-likeness (QED) is 0.356. The molecule has 1 saturated heterocycles. The van der Waals surface area contributed by atoms with Gasteiger partial charge in [0, 0.05) is 44.5 Å². The Morgan fingerprint density at radius 2 is 1.45 bits per heavy atom. The molecule has 10 nitrogen and oxygen atoms in total. The van der Waals surface area contributed by atoms with Gasteiger partial charge in [-0.2, -0.15) is 0 Å². The molecule has 0 radical (unpaired) electrons. The molecule has 0 bridgehead atoms. The second-order valence-corrected chi connectivity index (χ2v) is 8.61. The van der Waals surface area contributed by atoms with E-state index >= 15 is 0 Å². The second kappa shape index (κ2) is 13.2. The number of hydrogen-bond donors (Lipinski definition) is 4. The first kappa shape index (κ1) is 26.7. The lowest BCUT2D eigenvalue weighted by Crippen LogP contribution is -2.49. The van der Waals surface area contributed by atoms with Crippen LogP contribution in [-0.2, 0) is 20.8 Å². The average molecular weight is 481 g/mol. The van der Waals surface area contributed by atoms with Gasteiger partial charge in [-0.15, -0.1) is 0 Å². The summed E-state index contributed by atoms with van der Waals surface area (Å²) in [6.07, 6.45) is 1.27. The van der Waals surface area contributed by atoms with Gasteiger partial charge >= 0.3 is 17.9 Å². The molecule has 2 rings (SSSR count). The zero-order chi connectivity index (χ0) is 24.4. The lowest BCUT2D eigenvalue weighted by atomic mass is 10.0. The minimum Gasteiger partial charge on any atom is -0.480 e. The third-order valence-electron chi connectivity index (χ3n) is 5.51. The van der Waals surface area contributed by atoms with Crippen LogP contribution in [0.3, 0.4) is 0 Å². The van der Waals surface area contributed by atoms with E-state index in [4.69, 9.17) is 12.2 Å². The summed E-state index contributed by atoms with van der Waals surface area (Å²) in [6, 6.07) is 7.48. The summed E-state index contributed by atoms with van der Waals surface area (Å²) in [5.41, 5.74) is 1.86. The summed E-state index contributed by atoms with van der Waals surface area (Å²) in [6.45, 7) is 3.27. The minimum absolute atomic E-state index is 0.180. The number of hydrogen-bond acceptors (Lipinski definition) is 7. The monoisotopic (exact) mass is 480 g/mol. The molecule has 4 N–H and O–H groups in total. The zero-order valence-electron chi connectivity index (χ0n) is 18.8. The molecule has 1 aromatic carbocycles. The van der Waals surface area contributed by atoms with E-state index in [0.29, 0.717) is 39.1 Å². The van der Waals surface area contributed by atoms with Gasteiger partial charge in [0.25, 0.3) is 0 Å². The number of carboxylic acid groups (broad SMARTS) is 3. The number of nitrogens with zero attached hydrogens (tertiary/aromatic N) is 3. The fourth-order valence-electron chi connectivity index (χ4n) is 3.86. The Morgan fingerprint density at radius 3 is 2.03 bits per heavy atom. The molecule has 0 amide bonds. The fourth-order valence-corrected chi connectivity index (χ4v) is 3.98. The summed E-state index contributed by atoms with van der Waals surface area (Å²) >= 11 is 5.21. The van der Waals surface area contributed by atoms with Gasteiger partial charge in [0.1, 0.15) is 0 Å². The number of carboxylic acids is 3. The average Bonchev–Trinajstić information content (AvgIpc) is 2.80. The van der Waals surface area contributed by atoms with Crippen molar-refractivity contribution in [1.82, 2.24) is 14.7 Å². The first-order valence-corrected chi connectivity index (χ1v) is 11.3. The predicted molar refractivity (Wildman–Crippen MR) is 128 cm³/mol. The zero-order valence-corrected chi connectivity index (χ0v) is 19.6. The van der Waals surface area contributed by atoms with Crippen LogP contribution in [0.1, 0.15) is 18.9 Å². The molecule has 0 saturated carbocycles. The Bertz CT molecular complexity index is 835. The smallest absolute Gasteiger partial charge is 0.317 e. The molecule has 1 aliphatic rings. The van der Waals surface area contributed by atoms with Crippen molar-refractivity contribution in [2.45, 2.75) is 25.8 Å². The van der Waals surface area contributed by atoms with Crippen molar-refractivity contribution in [3.63, 3.8) is 0 Å². The molecule has 1 fully saturated rings. The Morgan fingerprint density at radius 1 is 0.909 bits per heavy atom. The molecular formula is C22H32N4O6S. The number of thiocarbonyl (C=S) groups is 1. The predicted octanol–water partition coefficient (Wildman–Crippen LogP) is 0.920. The lowest BCUT2D eigenvalue weighted by Gasteiger charge is -2.33.